The summed E-state index contributed by atoms with van der Waals surface area (Å²) in [7, 11) is 0. The van der Waals surface area contributed by atoms with Gasteiger partial charge in [0, 0.05) is 32.7 Å². The Morgan fingerprint density at radius 2 is 1.71 bits per heavy atom. The summed E-state index contributed by atoms with van der Waals surface area (Å²) < 4.78 is 5.38. The maximum atomic E-state index is 12.1. The number of hydrogen-bond donors (Lipinski definition) is 1. The number of nitrogens with zero attached hydrogens (tertiary/aromatic N) is 2. The lowest BCUT2D eigenvalue weighted by atomic mass is 9.98. The molecular weight excluding hydrogens is 308 g/mol. The van der Waals surface area contributed by atoms with Gasteiger partial charge in [-0.25, -0.2) is 4.79 Å². The highest BCUT2D eigenvalue weighted by molar-refractivity contribution is 5.76. The van der Waals surface area contributed by atoms with Gasteiger partial charge in [-0.15, -0.1) is 0 Å². The van der Waals surface area contributed by atoms with E-state index in [0.717, 1.165) is 5.56 Å². The molecule has 0 radical (unpaired) electrons. The Hall–Kier alpha value is -2.08. The third-order valence-electron chi connectivity index (χ3n) is 3.96. The standard InChI is InChI=1S/C18H26N2O4/c1-18(2,3)24-17(23)20-11-9-19(10-12-20)13-15(16(21)22)14-7-5-4-6-8-14/h4-8,15H,9-13H2,1-3H3,(H,21,22)/t15-/m0/s1. The van der Waals surface area contributed by atoms with Crippen molar-refractivity contribution in [3.63, 3.8) is 0 Å². The van der Waals surface area contributed by atoms with Gasteiger partial charge in [0.15, 0.2) is 0 Å². The minimum Gasteiger partial charge on any atom is -0.481 e. The average molecular weight is 334 g/mol. The number of aliphatic carboxylic acids is 1. The minimum atomic E-state index is -0.823. The Kier molecular flexibility index (Phi) is 5.83. The smallest absolute Gasteiger partial charge is 0.410 e. The summed E-state index contributed by atoms with van der Waals surface area (Å²) in [6, 6.07) is 9.27. The molecule has 1 aromatic rings. The third kappa shape index (κ3) is 5.23. The van der Waals surface area contributed by atoms with E-state index >= 15 is 0 Å². The quantitative estimate of drug-likeness (QED) is 0.915. The summed E-state index contributed by atoms with van der Waals surface area (Å²) in [6.07, 6.45) is -0.306. The molecule has 0 aliphatic carbocycles. The second-order valence-electron chi connectivity index (χ2n) is 7.07. The molecule has 1 heterocycles. The van der Waals surface area contributed by atoms with Crippen molar-refractivity contribution in [3.8, 4) is 0 Å². The fourth-order valence-electron chi connectivity index (χ4n) is 2.71. The zero-order chi connectivity index (χ0) is 17.7. The van der Waals surface area contributed by atoms with Crippen LogP contribution in [0.5, 0.6) is 0 Å². The number of piperazine rings is 1. The van der Waals surface area contributed by atoms with E-state index in [1.807, 2.05) is 51.1 Å². The lowest BCUT2D eigenvalue weighted by Crippen LogP contribution is -2.51. The Morgan fingerprint density at radius 3 is 2.21 bits per heavy atom. The largest absolute Gasteiger partial charge is 0.481 e. The first-order chi connectivity index (χ1) is 11.3. The lowest BCUT2D eigenvalue weighted by Gasteiger charge is -2.36. The molecule has 1 aliphatic rings. The van der Waals surface area contributed by atoms with E-state index in [4.69, 9.17) is 4.74 Å². The number of carboxylic acids is 1. The topological polar surface area (TPSA) is 70.1 Å². The van der Waals surface area contributed by atoms with E-state index in [2.05, 4.69) is 4.90 Å². The van der Waals surface area contributed by atoms with Crippen molar-refractivity contribution < 1.29 is 19.4 Å². The van der Waals surface area contributed by atoms with Gasteiger partial charge in [-0.05, 0) is 26.3 Å². The van der Waals surface area contributed by atoms with Gasteiger partial charge in [-0.2, -0.15) is 0 Å². The van der Waals surface area contributed by atoms with Gasteiger partial charge in [0.25, 0.3) is 0 Å². The van der Waals surface area contributed by atoms with Crippen LogP contribution in [0, 0.1) is 0 Å². The summed E-state index contributed by atoms with van der Waals surface area (Å²) in [6.45, 7) is 8.38. The average Bonchev–Trinajstić information content (AvgIpc) is 2.52. The molecule has 0 unspecified atom stereocenters. The molecule has 1 saturated heterocycles. The van der Waals surface area contributed by atoms with Gasteiger partial charge in [-0.1, -0.05) is 30.3 Å². The zero-order valence-electron chi connectivity index (χ0n) is 14.6. The number of carboxylic acid groups (broad SMARTS) is 1. The Morgan fingerprint density at radius 1 is 1.12 bits per heavy atom. The second-order valence-corrected chi connectivity index (χ2v) is 7.07. The first kappa shape index (κ1) is 18.3. The molecule has 1 aliphatic heterocycles. The van der Waals surface area contributed by atoms with Crippen LogP contribution in [-0.2, 0) is 9.53 Å². The van der Waals surface area contributed by atoms with Crippen LogP contribution < -0.4 is 0 Å². The van der Waals surface area contributed by atoms with Crippen molar-refractivity contribution in [2.24, 2.45) is 0 Å². The van der Waals surface area contributed by atoms with E-state index in [-0.39, 0.29) is 6.09 Å². The second kappa shape index (κ2) is 7.66. The molecule has 2 rings (SSSR count). The molecule has 6 nitrogen and oxygen atoms in total. The Bertz CT molecular complexity index is 560. The van der Waals surface area contributed by atoms with Gasteiger partial charge in [-0.3, -0.25) is 9.69 Å². The number of amides is 1. The maximum absolute atomic E-state index is 12.1. The molecule has 1 aromatic carbocycles. The number of ether oxygens (including phenoxy) is 1. The van der Waals surface area contributed by atoms with Crippen LogP contribution in [0.4, 0.5) is 4.79 Å². The maximum Gasteiger partial charge on any atom is 0.410 e. The van der Waals surface area contributed by atoms with Gasteiger partial charge < -0.3 is 14.7 Å². The van der Waals surface area contributed by atoms with Crippen LogP contribution in [0.2, 0.25) is 0 Å². The van der Waals surface area contributed by atoms with E-state index < -0.39 is 17.5 Å². The number of carbonyl (C=O) groups is 2. The van der Waals surface area contributed by atoms with Crippen molar-refractivity contribution in [2.45, 2.75) is 32.3 Å². The molecule has 0 bridgehead atoms. The zero-order valence-corrected chi connectivity index (χ0v) is 14.6. The first-order valence-corrected chi connectivity index (χ1v) is 8.24. The summed E-state index contributed by atoms with van der Waals surface area (Å²) in [5.74, 6) is -1.38. The van der Waals surface area contributed by atoms with E-state index in [1.54, 1.807) is 4.90 Å². The summed E-state index contributed by atoms with van der Waals surface area (Å²) in [4.78, 5) is 27.4. The Labute approximate surface area is 143 Å². The van der Waals surface area contributed by atoms with Gasteiger partial charge in [0.2, 0.25) is 0 Å². The van der Waals surface area contributed by atoms with Gasteiger partial charge >= 0.3 is 12.1 Å². The number of carbonyl (C=O) groups excluding carboxylic acids is 1. The van der Waals surface area contributed by atoms with Crippen LogP contribution in [0.15, 0.2) is 30.3 Å². The highest BCUT2D eigenvalue weighted by Gasteiger charge is 2.28. The molecule has 0 aromatic heterocycles. The summed E-state index contributed by atoms with van der Waals surface area (Å²) >= 11 is 0. The van der Waals surface area contributed by atoms with Crippen molar-refractivity contribution in [1.29, 1.82) is 0 Å². The summed E-state index contributed by atoms with van der Waals surface area (Å²) in [5.41, 5.74) is 0.301. The lowest BCUT2D eigenvalue weighted by molar-refractivity contribution is -0.139. The molecule has 1 atom stereocenters. The van der Waals surface area contributed by atoms with Gasteiger partial charge in [0.05, 0.1) is 5.92 Å². The minimum absolute atomic E-state index is 0.306. The van der Waals surface area contributed by atoms with Crippen LogP contribution in [0.1, 0.15) is 32.3 Å². The van der Waals surface area contributed by atoms with Crippen LogP contribution in [-0.4, -0.2) is 65.3 Å². The van der Waals surface area contributed by atoms with E-state index in [0.29, 0.717) is 32.7 Å². The molecular formula is C18H26N2O4. The predicted molar refractivity (Wildman–Crippen MR) is 91.1 cm³/mol. The molecule has 0 spiro atoms. The third-order valence-corrected chi connectivity index (χ3v) is 3.96. The molecule has 1 amide bonds. The summed E-state index contributed by atoms with van der Waals surface area (Å²) in [5, 5.41) is 9.51. The van der Waals surface area contributed by atoms with Gasteiger partial charge in [0.1, 0.15) is 5.60 Å². The van der Waals surface area contributed by atoms with Crippen LogP contribution in [0.3, 0.4) is 0 Å². The molecule has 1 N–H and O–H groups in total. The fraction of sp³-hybridized carbons (Fsp3) is 0.556. The monoisotopic (exact) mass is 334 g/mol. The highest BCUT2D eigenvalue weighted by atomic mass is 16.6. The Balaban J connectivity index is 1.90. The molecule has 24 heavy (non-hydrogen) atoms. The normalized spacial score (nSPS) is 17.4. The molecule has 0 saturated carbocycles. The van der Waals surface area contributed by atoms with Crippen LogP contribution >= 0.6 is 0 Å². The number of hydrogen-bond acceptors (Lipinski definition) is 4. The molecule has 132 valence electrons. The van der Waals surface area contributed by atoms with Crippen LogP contribution in [0.25, 0.3) is 0 Å². The fourth-order valence-corrected chi connectivity index (χ4v) is 2.71. The highest BCUT2D eigenvalue weighted by Crippen LogP contribution is 2.19. The number of rotatable bonds is 4. The van der Waals surface area contributed by atoms with Crippen molar-refractivity contribution in [3.05, 3.63) is 35.9 Å². The molecule has 1 fully saturated rings. The molecule has 6 heteroatoms. The SMILES string of the molecule is CC(C)(C)OC(=O)N1CCN(C[C@H](C(=O)O)c2ccccc2)CC1. The first-order valence-electron chi connectivity index (χ1n) is 8.24. The number of benzene rings is 1. The van der Waals surface area contributed by atoms with Crippen molar-refractivity contribution in [2.75, 3.05) is 32.7 Å². The van der Waals surface area contributed by atoms with Crippen molar-refractivity contribution >= 4 is 12.1 Å². The van der Waals surface area contributed by atoms with E-state index in [9.17, 15) is 14.7 Å². The predicted octanol–water partition coefficient (Wildman–Crippen LogP) is 2.41. The van der Waals surface area contributed by atoms with Crippen molar-refractivity contribution in [1.82, 2.24) is 9.80 Å². The van der Waals surface area contributed by atoms with E-state index in [1.165, 1.54) is 0 Å².